The maximum absolute atomic E-state index is 9.53. The second-order valence-electron chi connectivity index (χ2n) is 2.32. The van der Waals surface area contributed by atoms with E-state index in [-0.39, 0.29) is 0 Å². The molecule has 0 spiro atoms. The van der Waals surface area contributed by atoms with Gasteiger partial charge in [0.05, 0.1) is 5.97 Å². The van der Waals surface area contributed by atoms with Crippen molar-refractivity contribution in [3.63, 3.8) is 0 Å². The number of rotatable bonds is 2. The third-order valence-corrected chi connectivity index (χ3v) is 1.11. The molecule has 0 aliphatic carbocycles. The molecule has 1 heterocycles. The first kappa shape index (κ1) is 12.6. The molecule has 0 unspecified atom stereocenters. The standard InChI is InChI=1S/C5H6N2.C4H4O4/c6-5-1-3-7-4-2-5;5-3(6)1-2-4(7)8/h1-4H,(H2,6,7);1-2H,(H,5,6)(H,7,8)/b;2-1-. The van der Waals surface area contributed by atoms with Crippen LogP contribution in [0, 0.1) is 0 Å². The van der Waals surface area contributed by atoms with E-state index in [2.05, 4.69) is 4.98 Å². The maximum atomic E-state index is 9.53. The molecule has 0 aliphatic heterocycles. The molecular weight excluding hydrogens is 200 g/mol. The van der Waals surface area contributed by atoms with Crippen molar-refractivity contribution in [2.45, 2.75) is 0 Å². The summed E-state index contributed by atoms with van der Waals surface area (Å²) in [5.41, 5.74) is 6.13. The first-order valence-electron chi connectivity index (χ1n) is 3.86. The lowest BCUT2D eigenvalue weighted by atomic mass is 10.4. The number of pyridine rings is 1. The Morgan fingerprint density at radius 1 is 1.33 bits per heavy atom. The van der Waals surface area contributed by atoms with E-state index in [0.29, 0.717) is 12.2 Å². The van der Waals surface area contributed by atoms with Crippen molar-refractivity contribution in [1.29, 1.82) is 0 Å². The Balaban J connectivity index is 0.000000262. The summed E-state index contributed by atoms with van der Waals surface area (Å²) in [6, 6.07) is 3.61. The van der Waals surface area contributed by atoms with Crippen LogP contribution in [0.2, 0.25) is 0 Å². The number of H-pyrrole nitrogens is 1. The van der Waals surface area contributed by atoms with E-state index >= 15 is 0 Å². The van der Waals surface area contributed by atoms with Crippen LogP contribution in [0.1, 0.15) is 0 Å². The summed E-state index contributed by atoms with van der Waals surface area (Å²) >= 11 is 0. The van der Waals surface area contributed by atoms with Crippen molar-refractivity contribution in [2.75, 3.05) is 5.73 Å². The molecule has 15 heavy (non-hydrogen) atoms. The fourth-order valence-corrected chi connectivity index (χ4v) is 0.539. The van der Waals surface area contributed by atoms with Crippen LogP contribution in [-0.2, 0) is 9.59 Å². The number of nitrogen functional groups attached to an aromatic ring is 1. The summed E-state index contributed by atoms with van der Waals surface area (Å²) in [5, 5.41) is 17.2. The maximum Gasteiger partial charge on any atom is 0.328 e. The van der Waals surface area contributed by atoms with Crippen LogP contribution in [0.5, 0.6) is 0 Å². The van der Waals surface area contributed by atoms with Crippen molar-refractivity contribution in [2.24, 2.45) is 0 Å². The van der Waals surface area contributed by atoms with Gasteiger partial charge in [0.2, 0.25) is 0 Å². The van der Waals surface area contributed by atoms with E-state index < -0.39 is 11.9 Å². The van der Waals surface area contributed by atoms with Crippen LogP contribution in [0.25, 0.3) is 0 Å². The molecule has 4 N–H and O–H groups in total. The number of carboxylic acids is 2. The first-order chi connectivity index (χ1) is 7.02. The van der Waals surface area contributed by atoms with Gasteiger partial charge in [-0.15, -0.1) is 0 Å². The zero-order chi connectivity index (χ0) is 11.7. The minimum atomic E-state index is -1.51. The number of nitrogens with one attached hydrogen (secondary N) is 1. The SMILES string of the molecule is Nc1cc[nH+]cc1.O=C([O-])/C=C\C(=O)O. The van der Waals surface area contributed by atoms with Crippen molar-refractivity contribution < 1.29 is 24.8 Å². The summed E-state index contributed by atoms with van der Waals surface area (Å²) in [5.74, 6) is -2.80. The molecule has 1 aromatic heterocycles. The molecule has 0 radical (unpaired) electrons. The van der Waals surface area contributed by atoms with Crippen LogP contribution < -0.4 is 15.8 Å². The second-order valence-corrected chi connectivity index (χ2v) is 2.32. The Bertz CT molecular complexity index is 332. The summed E-state index contributed by atoms with van der Waals surface area (Å²) in [6.45, 7) is 0. The van der Waals surface area contributed by atoms with E-state index in [9.17, 15) is 14.7 Å². The molecule has 0 saturated carbocycles. The van der Waals surface area contributed by atoms with Crippen LogP contribution in [0.4, 0.5) is 5.69 Å². The van der Waals surface area contributed by atoms with Gasteiger partial charge in [-0.1, -0.05) is 0 Å². The number of aromatic amines is 1. The largest absolute Gasteiger partial charge is 0.545 e. The van der Waals surface area contributed by atoms with E-state index in [1.54, 1.807) is 24.5 Å². The number of hydrogen-bond acceptors (Lipinski definition) is 4. The van der Waals surface area contributed by atoms with Crippen LogP contribution in [0.15, 0.2) is 36.7 Å². The molecular formula is C9H10N2O4. The Hall–Kier alpha value is -2.37. The highest BCUT2D eigenvalue weighted by atomic mass is 16.4. The predicted octanol–water partition coefficient (Wildman–Crippen LogP) is -1.54. The molecule has 0 saturated heterocycles. The van der Waals surface area contributed by atoms with E-state index in [1.165, 1.54) is 0 Å². The molecule has 1 rings (SSSR count). The average molecular weight is 210 g/mol. The highest BCUT2D eigenvalue weighted by Gasteiger charge is 1.81. The quantitative estimate of drug-likeness (QED) is 0.573. The topological polar surface area (TPSA) is 118 Å². The van der Waals surface area contributed by atoms with Crippen LogP contribution in [-0.4, -0.2) is 17.0 Å². The smallest absolute Gasteiger partial charge is 0.328 e. The summed E-state index contributed by atoms with van der Waals surface area (Å²) in [4.78, 5) is 21.8. The molecule has 6 nitrogen and oxygen atoms in total. The number of aliphatic carboxylic acids is 2. The van der Waals surface area contributed by atoms with E-state index in [0.717, 1.165) is 5.69 Å². The zero-order valence-corrected chi connectivity index (χ0v) is 7.71. The summed E-state index contributed by atoms with van der Waals surface area (Å²) in [7, 11) is 0. The van der Waals surface area contributed by atoms with Gasteiger partial charge >= 0.3 is 5.97 Å². The fraction of sp³-hybridized carbons (Fsp3) is 0. The van der Waals surface area contributed by atoms with Gasteiger partial charge in [0.15, 0.2) is 12.4 Å². The highest BCUT2D eigenvalue weighted by molar-refractivity contribution is 5.88. The number of carbonyl (C=O) groups is 2. The number of carboxylic acid groups (broad SMARTS) is 2. The lowest BCUT2D eigenvalue weighted by Gasteiger charge is -1.85. The van der Waals surface area contributed by atoms with Crippen molar-refractivity contribution in [1.82, 2.24) is 0 Å². The summed E-state index contributed by atoms with van der Waals surface area (Å²) in [6.07, 6.45) is 4.52. The Morgan fingerprint density at radius 2 is 1.87 bits per heavy atom. The third-order valence-electron chi connectivity index (χ3n) is 1.11. The van der Waals surface area contributed by atoms with Gasteiger partial charge < -0.3 is 20.7 Å². The number of carbonyl (C=O) groups excluding carboxylic acids is 1. The monoisotopic (exact) mass is 210 g/mol. The molecule has 0 bridgehead atoms. The zero-order valence-electron chi connectivity index (χ0n) is 7.71. The summed E-state index contributed by atoms with van der Waals surface area (Å²) < 4.78 is 0. The molecule has 0 atom stereocenters. The molecule has 0 fully saturated rings. The van der Waals surface area contributed by atoms with Gasteiger partial charge in [0.1, 0.15) is 0 Å². The Labute approximate surface area is 85.7 Å². The van der Waals surface area contributed by atoms with Crippen molar-refractivity contribution >= 4 is 17.6 Å². The lowest BCUT2D eigenvalue weighted by Crippen LogP contribution is -2.19. The lowest BCUT2D eigenvalue weighted by molar-refractivity contribution is -0.377. The van der Waals surface area contributed by atoms with Crippen molar-refractivity contribution in [3.8, 4) is 0 Å². The number of hydrogen-bond donors (Lipinski definition) is 2. The van der Waals surface area contributed by atoms with Crippen LogP contribution in [0.3, 0.4) is 0 Å². The van der Waals surface area contributed by atoms with Gasteiger partial charge in [0.25, 0.3) is 0 Å². The normalized spacial score (nSPS) is 9.07. The van der Waals surface area contributed by atoms with E-state index in [4.69, 9.17) is 10.8 Å². The predicted molar refractivity (Wildman–Crippen MR) is 49.2 cm³/mol. The third kappa shape index (κ3) is 9.54. The van der Waals surface area contributed by atoms with Crippen LogP contribution >= 0.6 is 0 Å². The van der Waals surface area contributed by atoms with Gasteiger partial charge in [-0.25, -0.2) is 9.78 Å². The molecule has 0 aliphatic rings. The number of nitrogens with two attached hydrogens (primary N) is 1. The minimum Gasteiger partial charge on any atom is -0.545 e. The number of aromatic nitrogens is 1. The highest BCUT2D eigenvalue weighted by Crippen LogP contribution is 1.90. The van der Waals surface area contributed by atoms with Gasteiger partial charge in [0, 0.05) is 23.9 Å². The van der Waals surface area contributed by atoms with E-state index in [1.807, 2.05) is 0 Å². The molecule has 1 aromatic rings. The average Bonchev–Trinajstić information content (AvgIpc) is 2.17. The fourth-order valence-electron chi connectivity index (χ4n) is 0.539. The van der Waals surface area contributed by atoms with Gasteiger partial charge in [-0.05, 0) is 6.08 Å². The molecule has 0 amide bonds. The van der Waals surface area contributed by atoms with Gasteiger partial charge in [-0.3, -0.25) is 0 Å². The van der Waals surface area contributed by atoms with Gasteiger partial charge in [-0.2, -0.15) is 0 Å². The molecule has 6 heteroatoms. The number of anilines is 1. The Morgan fingerprint density at radius 3 is 2.07 bits per heavy atom. The molecule has 0 aromatic carbocycles. The molecule has 80 valence electrons. The first-order valence-corrected chi connectivity index (χ1v) is 3.86. The van der Waals surface area contributed by atoms with Crippen molar-refractivity contribution in [3.05, 3.63) is 36.7 Å². The Kier molecular flexibility index (Phi) is 5.96. The minimum absolute atomic E-state index is 0.447. The second kappa shape index (κ2) is 7.07.